The molecule has 2 saturated heterocycles. The molecule has 0 bridgehead atoms. The lowest BCUT2D eigenvalue weighted by atomic mass is 9.74. The summed E-state index contributed by atoms with van der Waals surface area (Å²) < 4.78 is 5.08. The van der Waals surface area contributed by atoms with Crippen LogP contribution in [0.2, 0.25) is 5.28 Å². The number of nitrogens with zero attached hydrogens (tertiary/aromatic N) is 4. The van der Waals surface area contributed by atoms with Gasteiger partial charge in [-0.1, -0.05) is 0 Å². The van der Waals surface area contributed by atoms with Gasteiger partial charge in [-0.25, -0.2) is 0 Å². The molecule has 3 heterocycles. The number of hydrogen-bond donors (Lipinski definition) is 1. The quantitative estimate of drug-likeness (QED) is 0.893. The summed E-state index contributed by atoms with van der Waals surface area (Å²) >= 11 is 5.94. The van der Waals surface area contributed by atoms with E-state index in [2.05, 4.69) is 25.2 Å². The average molecular weight is 298 g/mol. The van der Waals surface area contributed by atoms with Crippen LogP contribution < -0.4 is 15.0 Å². The van der Waals surface area contributed by atoms with Crippen molar-refractivity contribution in [2.75, 3.05) is 38.2 Å². The molecule has 7 heteroatoms. The molecule has 1 unspecified atom stereocenters. The van der Waals surface area contributed by atoms with E-state index >= 15 is 0 Å². The molecule has 0 aromatic carbocycles. The maximum absolute atomic E-state index is 5.94. The van der Waals surface area contributed by atoms with Gasteiger partial charge in [-0.2, -0.15) is 15.0 Å². The molecular weight excluding hydrogens is 278 g/mol. The first-order valence-electron chi connectivity index (χ1n) is 7.12. The normalized spacial score (nSPS) is 26.8. The number of piperidine rings is 2. The maximum Gasteiger partial charge on any atom is 0.322 e. The van der Waals surface area contributed by atoms with Crippen molar-refractivity contribution in [2.24, 2.45) is 5.41 Å². The predicted octanol–water partition coefficient (Wildman–Crippen LogP) is 1.50. The molecule has 3 rings (SSSR count). The minimum Gasteiger partial charge on any atom is -0.467 e. The second kappa shape index (κ2) is 5.69. The summed E-state index contributed by atoms with van der Waals surface area (Å²) in [5.74, 6) is 0.631. The first kappa shape index (κ1) is 13.8. The van der Waals surface area contributed by atoms with Gasteiger partial charge in [0.25, 0.3) is 0 Å². The summed E-state index contributed by atoms with van der Waals surface area (Å²) in [4.78, 5) is 14.7. The number of ether oxygens (including phenoxy) is 1. The van der Waals surface area contributed by atoms with Crippen molar-refractivity contribution >= 4 is 17.5 Å². The fraction of sp³-hybridized carbons (Fsp3) is 0.769. The fourth-order valence-corrected chi connectivity index (χ4v) is 3.46. The third kappa shape index (κ3) is 2.81. The van der Waals surface area contributed by atoms with Crippen LogP contribution in [0.15, 0.2) is 0 Å². The summed E-state index contributed by atoms with van der Waals surface area (Å²) in [7, 11) is 1.54. The van der Waals surface area contributed by atoms with Crippen molar-refractivity contribution in [2.45, 2.75) is 25.7 Å². The van der Waals surface area contributed by atoms with Gasteiger partial charge in [0.2, 0.25) is 11.2 Å². The number of nitrogens with one attached hydrogen (secondary N) is 1. The minimum atomic E-state index is 0.188. The lowest BCUT2D eigenvalue weighted by Gasteiger charge is -2.45. The molecule has 2 aliphatic rings. The Balaban J connectivity index is 1.81. The van der Waals surface area contributed by atoms with Crippen molar-refractivity contribution in [3.05, 3.63) is 5.28 Å². The van der Waals surface area contributed by atoms with E-state index in [-0.39, 0.29) is 11.3 Å². The summed E-state index contributed by atoms with van der Waals surface area (Å²) in [5.41, 5.74) is 0.350. The smallest absolute Gasteiger partial charge is 0.322 e. The molecule has 1 N–H and O–H groups in total. The lowest BCUT2D eigenvalue weighted by Crippen LogP contribution is -2.51. The van der Waals surface area contributed by atoms with Crippen LogP contribution in [0.3, 0.4) is 0 Å². The standard InChI is InChI=1S/C13H20ClN5O/c1-20-12-17-10(14)16-11(18-12)19-7-3-5-13(9-19)4-2-6-15-8-13/h15H,2-9H2,1H3. The molecule has 1 atom stereocenters. The lowest BCUT2D eigenvalue weighted by molar-refractivity contribution is 0.172. The van der Waals surface area contributed by atoms with Gasteiger partial charge >= 0.3 is 6.01 Å². The molecule has 2 aliphatic heterocycles. The van der Waals surface area contributed by atoms with E-state index < -0.39 is 0 Å². The van der Waals surface area contributed by atoms with Crippen molar-refractivity contribution in [1.29, 1.82) is 0 Å². The van der Waals surface area contributed by atoms with Crippen LogP contribution in [-0.2, 0) is 0 Å². The van der Waals surface area contributed by atoms with Crippen molar-refractivity contribution in [3.8, 4) is 6.01 Å². The van der Waals surface area contributed by atoms with Gasteiger partial charge < -0.3 is 15.0 Å². The van der Waals surface area contributed by atoms with Crippen LogP contribution in [0.5, 0.6) is 6.01 Å². The average Bonchev–Trinajstić information content (AvgIpc) is 2.47. The van der Waals surface area contributed by atoms with E-state index in [4.69, 9.17) is 16.3 Å². The van der Waals surface area contributed by atoms with Crippen LogP contribution in [0.25, 0.3) is 0 Å². The van der Waals surface area contributed by atoms with E-state index in [1.807, 2.05) is 0 Å². The molecule has 6 nitrogen and oxygen atoms in total. The van der Waals surface area contributed by atoms with E-state index in [0.29, 0.717) is 11.4 Å². The topological polar surface area (TPSA) is 63.2 Å². The molecule has 1 aromatic heterocycles. The van der Waals surface area contributed by atoms with Gasteiger partial charge in [-0.3, -0.25) is 0 Å². The Bertz CT molecular complexity index is 472. The van der Waals surface area contributed by atoms with Crippen LogP contribution in [0, 0.1) is 5.41 Å². The summed E-state index contributed by atoms with van der Waals surface area (Å²) in [6, 6.07) is 0.279. The van der Waals surface area contributed by atoms with E-state index in [9.17, 15) is 0 Å². The number of methoxy groups -OCH3 is 1. The highest BCUT2D eigenvalue weighted by Gasteiger charge is 2.37. The SMILES string of the molecule is COc1nc(Cl)nc(N2CCCC3(CCCNC3)C2)n1. The minimum absolute atomic E-state index is 0.188. The third-order valence-electron chi connectivity index (χ3n) is 4.26. The Morgan fingerprint density at radius 2 is 2.10 bits per heavy atom. The van der Waals surface area contributed by atoms with Crippen molar-refractivity contribution < 1.29 is 4.74 Å². The third-order valence-corrected chi connectivity index (χ3v) is 4.43. The number of aromatic nitrogens is 3. The molecule has 2 fully saturated rings. The molecule has 1 spiro atoms. The monoisotopic (exact) mass is 297 g/mol. The molecule has 20 heavy (non-hydrogen) atoms. The molecule has 0 amide bonds. The molecule has 110 valence electrons. The van der Waals surface area contributed by atoms with Gasteiger partial charge in [0.15, 0.2) is 0 Å². The van der Waals surface area contributed by atoms with Gasteiger partial charge in [0.1, 0.15) is 0 Å². The highest BCUT2D eigenvalue weighted by molar-refractivity contribution is 6.28. The van der Waals surface area contributed by atoms with Crippen molar-refractivity contribution in [3.63, 3.8) is 0 Å². The first-order valence-corrected chi connectivity index (χ1v) is 7.50. The van der Waals surface area contributed by atoms with Crippen LogP contribution in [-0.4, -0.2) is 48.2 Å². The van der Waals surface area contributed by atoms with Gasteiger partial charge in [0.05, 0.1) is 7.11 Å². The Morgan fingerprint density at radius 3 is 2.85 bits per heavy atom. The van der Waals surface area contributed by atoms with Crippen LogP contribution >= 0.6 is 11.6 Å². The zero-order chi connectivity index (χ0) is 14.0. The largest absolute Gasteiger partial charge is 0.467 e. The highest BCUT2D eigenvalue weighted by Crippen LogP contribution is 2.37. The number of anilines is 1. The Kier molecular flexibility index (Phi) is 3.94. The predicted molar refractivity (Wildman–Crippen MR) is 77.4 cm³/mol. The fourth-order valence-electron chi connectivity index (χ4n) is 3.31. The maximum atomic E-state index is 5.94. The zero-order valence-electron chi connectivity index (χ0n) is 11.7. The second-order valence-corrected chi connectivity index (χ2v) is 6.03. The summed E-state index contributed by atoms with van der Waals surface area (Å²) in [6.45, 7) is 4.15. The molecule has 0 saturated carbocycles. The Labute approximate surface area is 123 Å². The molecular formula is C13H20ClN5O. The Hall–Kier alpha value is -1.14. The molecule has 1 aromatic rings. The van der Waals surface area contributed by atoms with Gasteiger partial charge in [-0.15, -0.1) is 0 Å². The number of rotatable bonds is 2. The van der Waals surface area contributed by atoms with E-state index in [0.717, 1.165) is 32.6 Å². The van der Waals surface area contributed by atoms with Crippen molar-refractivity contribution in [1.82, 2.24) is 20.3 Å². The zero-order valence-corrected chi connectivity index (χ0v) is 12.5. The summed E-state index contributed by atoms with van der Waals surface area (Å²) in [6.07, 6.45) is 4.95. The molecule has 0 aliphatic carbocycles. The molecule has 0 radical (unpaired) electrons. The second-order valence-electron chi connectivity index (χ2n) is 5.70. The number of hydrogen-bond acceptors (Lipinski definition) is 6. The van der Waals surface area contributed by atoms with E-state index in [1.54, 1.807) is 0 Å². The summed E-state index contributed by atoms with van der Waals surface area (Å²) in [5, 5.41) is 3.71. The Morgan fingerprint density at radius 1 is 1.25 bits per heavy atom. The van der Waals surface area contributed by atoms with Crippen LogP contribution in [0.4, 0.5) is 5.95 Å². The van der Waals surface area contributed by atoms with E-state index in [1.165, 1.54) is 26.4 Å². The van der Waals surface area contributed by atoms with Crippen LogP contribution in [0.1, 0.15) is 25.7 Å². The highest BCUT2D eigenvalue weighted by atomic mass is 35.5. The number of halogens is 1. The van der Waals surface area contributed by atoms with Gasteiger partial charge in [-0.05, 0) is 43.8 Å². The first-order chi connectivity index (χ1) is 9.71. The van der Waals surface area contributed by atoms with Gasteiger partial charge in [0, 0.05) is 25.0 Å².